The van der Waals surface area contributed by atoms with E-state index in [9.17, 15) is 9.59 Å². The molecule has 130 valence electrons. The Kier molecular flexibility index (Phi) is 4.28. The van der Waals surface area contributed by atoms with Crippen molar-refractivity contribution in [2.45, 2.75) is 46.1 Å². The molecule has 5 heteroatoms. The first kappa shape index (κ1) is 16.8. The molecule has 0 radical (unpaired) electrons. The normalized spacial score (nSPS) is 20.6. The van der Waals surface area contributed by atoms with E-state index in [0.29, 0.717) is 17.4 Å². The number of carbonyl (C=O) groups excluding carboxylic acids is 2. The summed E-state index contributed by atoms with van der Waals surface area (Å²) in [5.41, 5.74) is 0.769. The number of anilines is 1. The fourth-order valence-electron chi connectivity index (χ4n) is 3.33. The molecule has 1 fully saturated rings. The highest BCUT2D eigenvalue weighted by atomic mass is 16.5. The molecule has 0 N–H and O–H groups in total. The molecule has 5 nitrogen and oxygen atoms in total. The monoisotopic (exact) mass is 330 g/mol. The number of benzene rings is 1. The Morgan fingerprint density at radius 3 is 2.62 bits per heavy atom. The number of hydrogen-bond donors (Lipinski definition) is 0. The lowest BCUT2D eigenvalue weighted by molar-refractivity contribution is -0.137. The third-order valence-electron chi connectivity index (χ3n) is 4.96. The predicted molar refractivity (Wildman–Crippen MR) is 93.2 cm³/mol. The predicted octanol–water partition coefficient (Wildman–Crippen LogP) is 2.76. The lowest BCUT2D eigenvalue weighted by atomic mass is 9.99. The Morgan fingerprint density at radius 1 is 1.29 bits per heavy atom. The van der Waals surface area contributed by atoms with Crippen LogP contribution in [0.15, 0.2) is 18.2 Å². The first-order valence-electron chi connectivity index (χ1n) is 8.67. The Balaban J connectivity index is 1.84. The molecule has 0 spiro atoms. The molecule has 0 aromatic heterocycles. The minimum absolute atomic E-state index is 0.0143. The third kappa shape index (κ3) is 3.12. The molecule has 0 unspecified atom stereocenters. The molecule has 2 aliphatic heterocycles. The van der Waals surface area contributed by atoms with Crippen LogP contribution in [0.4, 0.5) is 5.69 Å². The van der Waals surface area contributed by atoms with Crippen molar-refractivity contribution >= 4 is 17.5 Å². The highest BCUT2D eigenvalue weighted by molar-refractivity contribution is 6.05. The zero-order chi connectivity index (χ0) is 17.5. The van der Waals surface area contributed by atoms with E-state index in [1.807, 2.05) is 30.0 Å². The molecule has 1 aromatic rings. The summed E-state index contributed by atoms with van der Waals surface area (Å²) in [7, 11) is 0. The molecule has 0 saturated carbocycles. The van der Waals surface area contributed by atoms with Gasteiger partial charge in [-0.1, -0.05) is 13.0 Å². The minimum atomic E-state index is -0.959. The number of rotatable bonds is 2. The van der Waals surface area contributed by atoms with Crippen LogP contribution in [0.25, 0.3) is 0 Å². The van der Waals surface area contributed by atoms with Gasteiger partial charge in [-0.3, -0.25) is 14.5 Å². The van der Waals surface area contributed by atoms with Gasteiger partial charge in [0.15, 0.2) is 5.60 Å². The van der Waals surface area contributed by atoms with E-state index < -0.39 is 5.60 Å². The molecule has 1 aromatic carbocycles. The maximum Gasteiger partial charge on any atom is 0.271 e. The average Bonchev–Trinajstić information content (AvgIpc) is 2.53. The number of piperidine rings is 1. The first-order chi connectivity index (χ1) is 11.3. The van der Waals surface area contributed by atoms with Crippen LogP contribution in [0.5, 0.6) is 5.75 Å². The highest BCUT2D eigenvalue weighted by Gasteiger charge is 2.42. The van der Waals surface area contributed by atoms with Crippen LogP contribution in [0.2, 0.25) is 0 Å². The summed E-state index contributed by atoms with van der Waals surface area (Å²) in [5, 5.41) is 0. The number of aryl methyl sites for hydroxylation is 1. The van der Waals surface area contributed by atoms with Crippen molar-refractivity contribution in [3.05, 3.63) is 23.8 Å². The summed E-state index contributed by atoms with van der Waals surface area (Å²) >= 11 is 0. The summed E-state index contributed by atoms with van der Waals surface area (Å²) in [6, 6.07) is 5.74. The number of fused-ring (bicyclic) bond motifs is 1. The van der Waals surface area contributed by atoms with Crippen molar-refractivity contribution in [3.8, 4) is 5.75 Å². The fraction of sp³-hybridized carbons (Fsp3) is 0.579. The smallest absolute Gasteiger partial charge is 0.271 e. The van der Waals surface area contributed by atoms with Crippen LogP contribution in [-0.2, 0) is 9.59 Å². The standard InChI is InChI=1S/C19H26N2O3/c1-13-7-9-20(10-8-13)17(22)12-21-15-11-14(2)5-6-16(15)24-19(3,4)18(21)23/h5-6,11,13H,7-10,12H2,1-4H3. The van der Waals surface area contributed by atoms with Crippen LogP contribution in [0.1, 0.15) is 39.2 Å². The second kappa shape index (κ2) is 6.11. The third-order valence-corrected chi connectivity index (χ3v) is 4.96. The van der Waals surface area contributed by atoms with Crippen molar-refractivity contribution in [1.82, 2.24) is 4.90 Å². The molecule has 2 aliphatic rings. The number of likely N-dealkylation sites (tertiary alicyclic amines) is 1. The number of amides is 2. The molecule has 1 saturated heterocycles. The molecule has 3 rings (SSSR count). The molecule has 2 amide bonds. The SMILES string of the molecule is Cc1ccc2c(c1)N(CC(=O)N1CCC(C)CC1)C(=O)C(C)(C)O2. The maximum absolute atomic E-state index is 12.8. The van der Waals surface area contributed by atoms with Crippen molar-refractivity contribution in [1.29, 1.82) is 0 Å². The van der Waals surface area contributed by atoms with Gasteiger partial charge in [0.2, 0.25) is 5.91 Å². The zero-order valence-electron chi connectivity index (χ0n) is 15.0. The quantitative estimate of drug-likeness (QED) is 0.838. The van der Waals surface area contributed by atoms with Gasteiger partial charge >= 0.3 is 0 Å². The first-order valence-corrected chi connectivity index (χ1v) is 8.67. The lowest BCUT2D eigenvalue weighted by Crippen LogP contribution is -2.55. The van der Waals surface area contributed by atoms with E-state index in [1.54, 1.807) is 18.7 Å². The molecular formula is C19H26N2O3. The minimum Gasteiger partial charge on any atom is -0.476 e. The van der Waals surface area contributed by atoms with Gasteiger partial charge in [0.05, 0.1) is 5.69 Å². The van der Waals surface area contributed by atoms with Gasteiger partial charge in [-0.05, 0) is 57.2 Å². The Labute approximate surface area is 143 Å². The summed E-state index contributed by atoms with van der Waals surface area (Å²) in [6.07, 6.45) is 2.06. The van der Waals surface area contributed by atoms with Gasteiger partial charge in [-0.15, -0.1) is 0 Å². The van der Waals surface area contributed by atoms with Crippen LogP contribution in [0, 0.1) is 12.8 Å². The maximum atomic E-state index is 12.8. The van der Waals surface area contributed by atoms with Gasteiger partial charge in [-0.25, -0.2) is 0 Å². The van der Waals surface area contributed by atoms with Crippen molar-refractivity contribution in [2.75, 3.05) is 24.5 Å². The second-order valence-corrected chi connectivity index (χ2v) is 7.54. The Morgan fingerprint density at radius 2 is 1.96 bits per heavy atom. The number of hydrogen-bond acceptors (Lipinski definition) is 3. The van der Waals surface area contributed by atoms with E-state index in [1.165, 1.54) is 0 Å². The van der Waals surface area contributed by atoms with E-state index in [2.05, 4.69) is 6.92 Å². The topological polar surface area (TPSA) is 49.9 Å². The van der Waals surface area contributed by atoms with Gasteiger partial charge in [0.25, 0.3) is 5.91 Å². The summed E-state index contributed by atoms with van der Waals surface area (Å²) in [5.74, 6) is 1.17. The van der Waals surface area contributed by atoms with Crippen molar-refractivity contribution in [2.24, 2.45) is 5.92 Å². The van der Waals surface area contributed by atoms with Crippen LogP contribution >= 0.6 is 0 Å². The molecule has 2 heterocycles. The molecule has 0 atom stereocenters. The average molecular weight is 330 g/mol. The summed E-state index contributed by atoms with van der Waals surface area (Å²) in [6.45, 7) is 9.32. The lowest BCUT2D eigenvalue weighted by Gasteiger charge is -2.40. The van der Waals surface area contributed by atoms with E-state index >= 15 is 0 Å². The van der Waals surface area contributed by atoms with Crippen molar-refractivity contribution in [3.63, 3.8) is 0 Å². The van der Waals surface area contributed by atoms with E-state index in [0.717, 1.165) is 31.5 Å². The summed E-state index contributed by atoms with van der Waals surface area (Å²) < 4.78 is 5.84. The fourth-order valence-corrected chi connectivity index (χ4v) is 3.33. The zero-order valence-corrected chi connectivity index (χ0v) is 15.0. The molecule has 0 aliphatic carbocycles. The number of carbonyl (C=O) groups is 2. The van der Waals surface area contributed by atoms with Gasteiger partial charge in [-0.2, -0.15) is 0 Å². The van der Waals surface area contributed by atoms with Gasteiger partial charge in [0, 0.05) is 13.1 Å². The summed E-state index contributed by atoms with van der Waals surface area (Å²) in [4.78, 5) is 29.0. The van der Waals surface area contributed by atoms with Crippen LogP contribution < -0.4 is 9.64 Å². The molecule has 0 bridgehead atoms. The van der Waals surface area contributed by atoms with E-state index in [-0.39, 0.29) is 18.4 Å². The number of ether oxygens (including phenoxy) is 1. The Hall–Kier alpha value is -2.04. The second-order valence-electron chi connectivity index (χ2n) is 7.54. The molecule has 24 heavy (non-hydrogen) atoms. The highest BCUT2D eigenvalue weighted by Crippen LogP contribution is 2.38. The number of nitrogens with zero attached hydrogens (tertiary/aromatic N) is 2. The largest absolute Gasteiger partial charge is 0.476 e. The molecular weight excluding hydrogens is 304 g/mol. The Bertz CT molecular complexity index is 661. The van der Waals surface area contributed by atoms with Gasteiger partial charge in [0.1, 0.15) is 12.3 Å². The van der Waals surface area contributed by atoms with Gasteiger partial charge < -0.3 is 9.64 Å². The van der Waals surface area contributed by atoms with E-state index in [4.69, 9.17) is 4.74 Å². The van der Waals surface area contributed by atoms with Crippen LogP contribution in [0.3, 0.4) is 0 Å². The van der Waals surface area contributed by atoms with Crippen molar-refractivity contribution < 1.29 is 14.3 Å². The van der Waals surface area contributed by atoms with Crippen LogP contribution in [-0.4, -0.2) is 41.9 Å².